The van der Waals surface area contributed by atoms with Crippen molar-refractivity contribution in [2.45, 2.75) is 32.0 Å². The number of pyridine rings is 1. The van der Waals surface area contributed by atoms with Gasteiger partial charge in [0.15, 0.2) is 5.11 Å². The fourth-order valence-electron chi connectivity index (χ4n) is 3.67. The van der Waals surface area contributed by atoms with Gasteiger partial charge in [-0.3, -0.25) is 4.98 Å². The number of carboxylic acids is 1. The van der Waals surface area contributed by atoms with Crippen LogP contribution in [-0.4, -0.2) is 32.1 Å². The maximum absolute atomic E-state index is 11.1. The van der Waals surface area contributed by atoms with Crippen LogP contribution in [0.25, 0.3) is 11.3 Å². The molecule has 0 amide bonds. The van der Waals surface area contributed by atoms with Crippen molar-refractivity contribution in [3.63, 3.8) is 0 Å². The van der Waals surface area contributed by atoms with E-state index in [0.29, 0.717) is 10.9 Å². The fraction of sp³-hybridized carbons (Fsp3) is 0.227. The van der Waals surface area contributed by atoms with Crippen LogP contribution in [0.5, 0.6) is 0 Å². The highest BCUT2D eigenvalue weighted by Gasteiger charge is 2.42. The van der Waals surface area contributed by atoms with Crippen molar-refractivity contribution >= 4 is 23.3 Å². The van der Waals surface area contributed by atoms with Gasteiger partial charge in [0.25, 0.3) is 0 Å². The number of rotatable bonds is 5. The summed E-state index contributed by atoms with van der Waals surface area (Å²) in [7, 11) is 0. The van der Waals surface area contributed by atoms with Crippen molar-refractivity contribution in [1.82, 2.24) is 15.2 Å². The molecule has 0 aliphatic carbocycles. The zero-order chi connectivity index (χ0) is 20.5. The highest BCUT2D eigenvalue weighted by atomic mass is 32.1. The summed E-state index contributed by atoms with van der Waals surface area (Å²) in [5.74, 6) is 0.505. The average Bonchev–Trinajstić information content (AvgIpc) is 3.33. The Bertz CT molecular complexity index is 1030. The Hall–Kier alpha value is -3.19. The minimum Gasteiger partial charge on any atom is -0.478 e. The van der Waals surface area contributed by atoms with E-state index in [9.17, 15) is 4.79 Å². The second kappa shape index (κ2) is 7.67. The monoisotopic (exact) mass is 407 g/mol. The molecule has 2 aromatic heterocycles. The second-order valence-electron chi connectivity index (χ2n) is 7.21. The number of carbonyl (C=O) groups is 1. The zero-order valence-electron chi connectivity index (χ0n) is 16.1. The van der Waals surface area contributed by atoms with Gasteiger partial charge >= 0.3 is 5.97 Å². The van der Waals surface area contributed by atoms with Crippen molar-refractivity contribution in [1.29, 1.82) is 0 Å². The van der Waals surface area contributed by atoms with Gasteiger partial charge in [0, 0.05) is 17.8 Å². The smallest absolute Gasteiger partial charge is 0.335 e. The Morgan fingerprint density at radius 2 is 1.93 bits per heavy atom. The highest BCUT2D eigenvalue weighted by molar-refractivity contribution is 7.80. The first-order chi connectivity index (χ1) is 14.0. The summed E-state index contributed by atoms with van der Waals surface area (Å²) in [5, 5.41) is 13.1. The lowest BCUT2D eigenvalue weighted by atomic mass is 10.0. The summed E-state index contributed by atoms with van der Waals surface area (Å²) in [6, 6.07) is 16.2. The maximum Gasteiger partial charge on any atom is 0.335 e. The Morgan fingerprint density at radius 3 is 2.55 bits per heavy atom. The van der Waals surface area contributed by atoms with Crippen molar-refractivity contribution in [2.24, 2.45) is 0 Å². The molecular weight excluding hydrogens is 386 g/mol. The molecule has 2 N–H and O–H groups in total. The number of nitrogens with zero attached hydrogens (tertiary/aromatic N) is 2. The number of furan rings is 1. The van der Waals surface area contributed by atoms with Crippen LogP contribution in [0, 0.1) is 0 Å². The molecule has 0 saturated carbocycles. The first kappa shape index (κ1) is 19.1. The molecule has 0 radical (unpaired) electrons. The molecule has 0 unspecified atom stereocenters. The van der Waals surface area contributed by atoms with Crippen LogP contribution >= 0.6 is 12.2 Å². The summed E-state index contributed by atoms with van der Waals surface area (Å²) >= 11 is 5.60. The molecule has 4 rings (SSSR count). The molecule has 2 atom stereocenters. The van der Waals surface area contributed by atoms with E-state index in [1.54, 1.807) is 30.5 Å². The van der Waals surface area contributed by atoms with E-state index in [0.717, 1.165) is 17.0 Å². The molecule has 3 aromatic rings. The first-order valence-corrected chi connectivity index (χ1v) is 9.79. The van der Waals surface area contributed by atoms with E-state index >= 15 is 0 Å². The van der Waals surface area contributed by atoms with E-state index in [1.165, 1.54) is 0 Å². The third-order valence-electron chi connectivity index (χ3n) is 5.03. The molecule has 1 aromatic carbocycles. The van der Waals surface area contributed by atoms with Crippen LogP contribution in [0.3, 0.4) is 0 Å². The first-order valence-electron chi connectivity index (χ1n) is 9.39. The Kier molecular flexibility index (Phi) is 5.07. The molecule has 29 heavy (non-hydrogen) atoms. The predicted octanol–water partition coefficient (Wildman–Crippen LogP) is 4.42. The van der Waals surface area contributed by atoms with Gasteiger partial charge in [-0.05, 0) is 62.5 Å². The zero-order valence-corrected chi connectivity index (χ0v) is 16.9. The molecule has 1 aliphatic heterocycles. The predicted molar refractivity (Wildman–Crippen MR) is 114 cm³/mol. The van der Waals surface area contributed by atoms with Gasteiger partial charge in [0.1, 0.15) is 17.6 Å². The number of hydrogen-bond donors (Lipinski definition) is 2. The summed E-state index contributed by atoms with van der Waals surface area (Å²) in [4.78, 5) is 17.7. The van der Waals surface area contributed by atoms with Crippen LogP contribution in [0.1, 0.15) is 47.7 Å². The van der Waals surface area contributed by atoms with E-state index in [4.69, 9.17) is 21.7 Å². The quantitative estimate of drug-likeness (QED) is 0.606. The highest BCUT2D eigenvalue weighted by Crippen LogP contribution is 2.41. The van der Waals surface area contributed by atoms with Gasteiger partial charge in [-0.25, -0.2) is 4.79 Å². The Morgan fingerprint density at radius 1 is 1.17 bits per heavy atom. The minimum absolute atomic E-state index is 0.125. The third kappa shape index (κ3) is 3.61. The van der Waals surface area contributed by atoms with Gasteiger partial charge < -0.3 is 19.7 Å². The van der Waals surface area contributed by atoms with Crippen LogP contribution in [0.4, 0.5) is 0 Å². The second-order valence-corrected chi connectivity index (χ2v) is 7.60. The summed E-state index contributed by atoms with van der Waals surface area (Å²) in [6.07, 6.45) is 1.77. The van der Waals surface area contributed by atoms with Crippen LogP contribution in [0.2, 0.25) is 0 Å². The molecule has 148 valence electrons. The van der Waals surface area contributed by atoms with Crippen LogP contribution in [0.15, 0.2) is 65.2 Å². The molecule has 1 fully saturated rings. The number of thiocarbonyl (C=S) groups is 1. The van der Waals surface area contributed by atoms with Crippen LogP contribution in [-0.2, 0) is 0 Å². The number of aromatic carboxylic acids is 1. The van der Waals surface area contributed by atoms with Crippen molar-refractivity contribution in [3.05, 3.63) is 77.8 Å². The largest absolute Gasteiger partial charge is 0.478 e. The topological polar surface area (TPSA) is 78.6 Å². The summed E-state index contributed by atoms with van der Waals surface area (Å²) in [5.41, 5.74) is 1.96. The van der Waals surface area contributed by atoms with Gasteiger partial charge in [0.2, 0.25) is 0 Å². The van der Waals surface area contributed by atoms with Crippen LogP contribution < -0.4 is 5.32 Å². The lowest BCUT2D eigenvalue weighted by molar-refractivity contribution is 0.0697. The van der Waals surface area contributed by atoms with Gasteiger partial charge in [-0.1, -0.05) is 18.2 Å². The minimum atomic E-state index is -0.951. The standard InChI is InChI=1S/C22H21N3O3S/c1-13(2)25-20(19(24-22(25)29)16-5-3-4-12-23-16)18-11-10-17(28-18)14-6-8-15(9-7-14)21(26)27/h3-13,19-20H,1-2H3,(H,24,29)(H,26,27)/t19-,20-/m0/s1. The average molecular weight is 407 g/mol. The molecule has 1 saturated heterocycles. The molecule has 0 spiro atoms. The molecule has 1 aliphatic rings. The van der Waals surface area contributed by atoms with Gasteiger partial charge in [0.05, 0.1) is 17.3 Å². The number of nitrogens with one attached hydrogen (secondary N) is 1. The lowest BCUT2D eigenvalue weighted by Gasteiger charge is -2.29. The van der Waals surface area contributed by atoms with Crippen molar-refractivity contribution in [2.75, 3.05) is 0 Å². The van der Waals surface area contributed by atoms with E-state index < -0.39 is 5.97 Å². The van der Waals surface area contributed by atoms with Gasteiger partial charge in [-0.15, -0.1) is 0 Å². The Balaban J connectivity index is 1.70. The SMILES string of the molecule is CC(C)N1C(=S)N[C@@H](c2ccccn2)[C@@H]1c1ccc(-c2ccc(C(=O)O)cc2)o1. The Labute approximate surface area is 174 Å². The fourth-order valence-corrected chi connectivity index (χ4v) is 4.12. The molecular formula is C22H21N3O3S. The third-order valence-corrected chi connectivity index (χ3v) is 5.35. The molecule has 6 nitrogen and oxygen atoms in total. The van der Waals surface area contributed by atoms with Gasteiger partial charge in [-0.2, -0.15) is 0 Å². The summed E-state index contributed by atoms with van der Waals surface area (Å²) in [6.45, 7) is 4.19. The molecule has 7 heteroatoms. The lowest BCUT2D eigenvalue weighted by Crippen LogP contribution is -2.35. The van der Waals surface area contributed by atoms with Crippen molar-refractivity contribution < 1.29 is 14.3 Å². The van der Waals surface area contributed by atoms with E-state index in [1.807, 2.05) is 30.3 Å². The number of benzene rings is 1. The van der Waals surface area contributed by atoms with E-state index in [-0.39, 0.29) is 23.7 Å². The van der Waals surface area contributed by atoms with Crippen molar-refractivity contribution in [3.8, 4) is 11.3 Å². The van der Waals surface area contributed by atoms with E-state index in [2.05, 4.69) is 29.0 Å². The molecule has 3 heterocycles. The normalized spacial score (nSPS) is 18.9. The number of carboxylic acid groups (broad SMARTS) is 1. The summed E-state index contributed by atoms with van der Waals surface area (Å²) < 4.78 is 6.22. The molecule has 0 bridgehead atoms. The number of aromatic nitrogens is 1. The number of hydrogen-bond acceptors (Lipinski definition) is 4. The maximum atomic E-state index is 11.1.